The Balaban J connectivity index is 1.86. The largest absolute Gasteiger partial charge is 0.383 e. The molecule has 126 valence electrons. The molecular formula is C19H19Br2ClN2. The van der Waals surface area contributed by atoms with Gasteiger partial charge >= 0.3 is 0 Å². The molecule has 3 aliphatic rings. The summed E-state index contributed by atoms with van der Waals surface area (Å²) >= 11 is 13.7. The van der Waals surface area contributed by atoms with Crippen molar-refractivity contribution in [3.05, 3.63) is 61.2 Å². The monoisotopic (exact) mass is 468 g/mol. The number of benzene rings is 1. The summed E-state index contributed by atoms with van der Waals surface area (Å²) in [7, 11) is 0. The number of allylic oxidation sites excluding steroid dienone is 2. The first-order valence-electron chi connectivity index (χ1n) is 8.34. The molecule has 1 aromatic rings. The molecule has 1 aliphatic carbocycles. The van der Waals surface area contributed by atoms with E-state index in [9.17, 15) is 0 Å². The van der Waals surface area contributed by atoms with E-state index >= 15 is 0 Å². The topological polar surface area (TPSA) is 24.1 Å². The SMILES string of the molecule is Clc1cc(Br)c2c(c1)C=CC1=CC(Br)=CNC1C2C1CCNCC1. The molecule has 1 fully saturated rings. The number of hydrogen-bond donors (Lipinski definition) is 2. The van der Waals surface area contributed by atoms with Gasteiger partial charge in [-0.25, -0.2) is 0 Å². The van der Waals surface area contributed by atoms with Gasteiger partial charge in [0.2, 0.25) is 0 Å². The van der Waals surface area contributed by atoms with Crippen LogP contribution < -0.4 is 10.6 Å². The van der Waals surface area contributed by atoms with E-state index in [4.69, 9.17) is 11.6 Å². The third kappa shape index (κ3) is 3.14. The van der Waals surface area contributed by atoms with Crippen LogP contribution in [0.15, 0.2) is 45.0 Å². The fourth-order valence-electron chi connectivity index (χ4n) is 4.18. The van der Waals surface area contributed by atoms with Gasteiger partial charge < -0.3 is 10.6 Å². The van der Waals surface area contributed by atoms with Crippen LogP contribution in [0.4, 0.5) is 0 Å². The fraction of sp³-hybridized carbons (Fsp3) is 0.368. The minimum atomic E-state index is 0.296. The fourth-order valence-corrected chi connectivity index (χ4v) is 5.67. The van der Waals surface area contributed by atoms with Gasteiger partial charge in [0.15, 0.2) is 0 Å². The number of hydrogen-bond acceptors (Lipinski definition) is 2. The third-order valence-electron chi connectivity index (χ3n) is 5.23. The van der Waals surface area contributed by atoms with Crippen molar-refractivity contribution in [2.75, 3.05) is 13.1 Å². The minimum Gasteiger partial charge on any atom is -0.383 e. The van der Waals surface area contributed by atoms with Crippen molar-refractivity contribution in [3.8, 4) is 0 Å². The van der Waals surface area contributed by atoms with Crippen molar-refractivity contribution in [1.29, 1.82) is 0 Å². The molecule has 0 aromatic heterocycles. The van der Waals surface area contributed by atoms with Crippen LogP contribution in [0.25, 0.3) is 6.08 Å². The quantitative estimate of drug-likeness (QED) is 0.578. The molecule has 1 saturated heterocycles. The number of fused-ring (bicyclic) bond motifs is 2. The van der Waals surface area contributed by atoms with Crippen LogP contribution in [0, 0.1) is 5.92 Å². The van der Waals surface area contributed by atoms with Crippen LogP contribution in [0.3, 0.4) is 0 Å². The van der Waals surface area contributed by atoms with E-state index in [1.165, 1.54) is 29.5 Å². The standard InChI is InChI=1S/C19H19Br2ClN2/c20-14-7-13-2-1-12-8-15(22)9-16(21)17(12)18(19(13)24-10-14)11-3-5-23-6-4-11/h1-2,7-11,18-19,23-24H,3-6H2. The highest BCUT2D eigenvalue weighted by atomic mass is 79.9. The molecule has 0 radical (unpaired) electrons. The molecule has 24 heavy (non-hydrogen) atoms. The summed E-state index contributed by atoms with van der Waals surface area (Å²) in [6.07, 6.45) is 11.1. The number of halogens is 3. The zero-order chi connectivity index (χ0) is 16.7. The highest BCUT2D eigenvalue weighted by Crippen LogP contribution is 2.45. The summed E-state index contributed by atoms with van der Waals surface area (Å²) in [6.45, 7) is 2.20. The maximum absolute atomic E-state index is 6.32. The van der Waals surface area contributed by atoms with E-state index < -0.39 is 0 Å². The van der Waals surface area contributed by atoms with Gasteiger partial charge in [0, 0.05) is 26.1 Å². The Morgan fingerprint density at radius 2 is 1.88 bits per heavy atom. The Hall–Kier alpha value is -0.550. The molecule has 0 saturated carbocycles. The van der Waals surface area contributed by atoms with E-state index in [-0.39, 0.29) is 0 Å². The molecule has 2 nitrogen and oxygen atoms in total. The summed E-state index contributed by atoms with van der Waals surface area (Å²) in [5, 5.41) is 7.91. The molecule has 2 atom stereocenters. The smallest absolute Gasteiger partial charge is 0.0580 e. The Bertz CT molecular complexity index is 748. The Kier molecular flexibility index (Phi) is 4.92. The molecule has 2 N–H and O–H groups in total. The lowest BCUT2D eigenvalue weighted by Crippen LogP contribution is -2.41. The number of dihydropyridines is 1. The number of nitrogens with one attached hydrogen (secondary N) is 2. The zero-order valence-corrected chi connectivity index (χ0v) is 17.1. The number of piperidine rings is 1. The minimum absolute atomic E-state index is 0.296. The molecule has 0 bridgehead atoms. The molecule has 1 aromatic carbocycles. The van der Waals surface area contributed by atoms with Gasteiger partial charge in [-0.15, -0.1) is 0 Å². The van der Waals surface area contributed by atoms with Crippen LogP contribution in [0.5, 0.6) is 0 Å². The lowest BCUT2D eigenvalue weighted by Gasteiger charge is -2.38. The third-order valence-corrected chi connectivity index (χ3v) is 6.56. The second kappa shape index (κ2) is 6.99. The normalized spacial score (nSPS) is 26.6. The highest BCUT2D eigenvalue weighted by Gasteiger charge is 2.37. The van der Waals surface area contributed by atoms with Crippen molar-refractivity contribution in [3.63, 3.8) is 0 Å². The average Bonchev–Trinajstić information content (AvgIpc) is 2.72. The lowest BCUT2D eigenvalue weighted by atomic mass is 9.73. The zero-order valence-electron chi connectivity index (χ0n) is 13.2. The molecule has 0 amide bonds. The number of rotatable bonds is 1. The van der Waals surface area contributed by atoms with Gasteiger partial charge in [-0.2, -0.15) is 0 Å². The summed E-state index contributed by atoms with van der Waals surface area (Å²) in [5.41, 5.74) is 3.94. The maximum atomic E-state index is 6.32. The first-order valence-corrected chi connectivity index (χ1v) is 10.3. The van der Waals surface area contributed by atoms with Crippen LogP contribution >= 0.6 is 43.5 Å². The van der Waals surface area contributed by atoms with Gasteiger partial charge in [0.05, 0.1) is 6.04 Å². The predicted molar refractivity (Wildman–Crippen MR) is 109 cm³/mol. The van der Waals surface area contributed by atoms with Gasteiger partial charge in [-0.1, -0.05) is 39.7 Å². The van der Waals surface area contributed by atoms with E-state index in [0.29, 0.717) is 17.9 Å². The molecule has 5 heteroatoms. The Morgan fingerprint density at radius 1 is 1.08 bits per heavy atom. The average molecular weight is 471 g/mol. The molecule has 4 rings (SSSR count). The summed E-state index contributed by atoms with van der Waals surface area (Å²) in [4.78, 5) is 0. The van der Waals surface area contributed by atoms with E-state index in [0.717, 1.165) is 27.1 Å². The lowest BCUT2D eigenvalue weighted by molar-refractivity contribution is 0.289. The Morgan fingerprint density at radius 3 is 2.67 bits per heavy atom. The maximum Gasteiger partial charge on any atom is 0.0580 e. The summed E-state index contributed by atoms with van der Waals surface area (Å²) in [6, 6.07) is 4.42. The van der Waals surface area contributed by atoms with Gasteiger partial charge in [-0.05, 0) is 82.7 Å². The van der Waals surface area contributed by atoms with Crippen LogP contribution in [-0.2, 0) is 0 Å². The van der Waals surface area contributed by atoms with Crippen LogP contribution in [0.2, 0.25) is 5.02 Å². The summed E-state index contributed by atoms with van der Waals surface area (Å²) in [5.74, 6) is 1.07. The first-order chi connectivity index (χ1) is 11.6. The van der Waals surface area contributed by atoms with E-state index in [1.807, 2.05) is 6.07 Å². The van der Waals surface area contributed by atoms with Gasteiger partial charge in [0.25, 0.3) is 0 Å². The van der Waals surface area contributed by atoms with E-state index in [2.05, 4.69) is 73.0 Å². The molecule has 2 unspecified atom stereocenters. The van der Waals surface area contributed by atoms with Crippen LogP contribution in [-0.4, -0.2) is 19.1 Å². The van der Waals surface area contributed by atoms with Crippen LogP contribution in [0.1, 0.15) is 29.9 Å². The van der Waals surface area contributed by atoms with Gasteiger partial charge in [-0.3, -0.25) is 0 Å². The van der Waals surface area contributed by atoms with Crippen molar-refractivity contribution in [2.45, 2.75) is 24.8 Å². The molecular weight excluding hydrogens is 451 g/mol. The van der Waals surface area contributed by atoms with Gasteiger partial charge in [0.1, 0.15) is 0 Å². The van der Waals surface area contributed by atoms with Crippen molar-refractivity contribution in [2.24, 2.45) is 5.92 Å². The van der Waals surface area contributed by atoms with Crippen molar-refractivity contribution in [1.82, 2.24) is 10.6 Å². The van der Waals surface area contributed by atoms with E-state index in [1.54, 1.807) is 0 Å². The second-order valence-electron chi connectivity index (χ2n) is 6.65. The van der Waals surface area contributed by atoms with Crippen molar-refractivity contribution >= 4 is 49.5 Å². The Labute approximate surface area is 164 Å². The van der Waals surface area contributed by atoms with Crippen molar-refractivity contribution < 1.29 is 0 Å². The summed E-state index contributed by atoms with van der Waals surface area (Å²) < 4.78 is 2.21. The second-order valence-corrected chi connectivity index (χ2v) is 8.86. The molecule has 2 aliphatic heterocycles. The predicted octanol–water partition coefficient (Wildman–Crippen LogP) is 5.35. The molecule has 0 spiro atoms. The first kappa shape index (κ1) is 16.9. The highest BCUT2D eigenvalue weighted by molar-refractivity contribution is 9.12. The molecule has 2 heterocycles.